The Hall–Kier alpha value is -0.540. The highest BCUT2D eigenvalue weighted by atomic mass is 79.9. The Bertz CT molecular complexity index is 374. The lowest BCUT2D eigenvalue weighted by atomic mass is 10.00. The smallest absolute Gasteiger partial charge is 0.0385 e. The van der Waals surface area contributed by atoms with E-state index in [9.17, 15) is 0 Å². The number of hydrogen-bond donors (Lipinski definition) is 2. The highest BCUT2D eigenvalue weighted by molar-refractivity contribution is 9.10. The number of hydrogen-bond acceptors (Lipinski definition) is 2. The van der Waals surface area contributed by atoms with Gasteiger partial charge in [0.25, 0.3) is 0 Å². The zero-order valence-electron chi connectivity index (χ0n) is 8.59. The van der Waals surface area contributed by atoms with Gasteiger partial charge >= 0.3 is 0 Å². The summed E-state index contributed by atoms with van der Waals surface area (Å²) < 4.78 is 1.23. The number of rotatable bonds is 2. The van der Waals surface area contributed by atoms with E-state index in [0.29, 0.717) is 6.04 Å². The standard InChI is InChI=1S/C12H15BrN2/c13-11-2-1-3-12-10(11)6-9(7-14-12)15-8-4-5-8/h1-3,8-9,14-15H,4-7H2. The maximum absolute atomic E-state index is 3.68. The molecule has 1 fully saturated rings. The molecule has 0 bridgehead atoms. The molecule has 1 heterocycles. The maximum atomic E-state index is 3.68. The first-order chi connectivity index (χ1) is 7.33. The van der Waals surface area contributed by atoms with Crippen LogP contribution in [-0.4, -0.2) is 18.6 Å². The average Bonchev–Trinajstić information content (AvgIpc) is 3.03. The molecular weight excluding hydrogens is 252 g/mol. The molecule has 1 aliphatic heterocycles. The third-order valence-corrected chi connectivity index (χ3v) is 3.90. The molecule has 1 aromatic carbocycles. The van der Waals surface area contributed by atoms with Crippen LogP contribution in [0.5, 0.6) is 0 Å². The molecule has 0 radical (unpaired) electrons. The minimum absolute atomic E-state index is 0.601. The molecule has 2 aliphatic rings. The second-order valence-electron chi connectivity index (χ2n) is 4.49. The van der Waals surface area contributed by atoms with E-state index in [0.717, 1.165) is 19.0 Å². The Kier molecular flexibility index (Phi) is 2.45. The Morgan fingerprint density at radius 1 is 1.27 bits per heavy atom. The van der Waals surface area contributed by atoms with Crippen molar-refractivity contribution < 1.29 is 0 Å². The van der Waals surface area contributed by atoms with Crippen LogP contribution < -0.4 is 10.6 Å². The van der Waals surface area contributed by atoms with E-state index in [2.05, 4.69) is 44.8 Å². The summed E-state index contributed by atoms with van der Waals surface area (Å²) in [5, 5.41) is 7.17. The van der Waals surface area contributed by atoms with Gasteiger partial charge in [-0.3, -0.25) is 0 Å². The summed E-state index contributed by atoms with van der Waals surface area (Å²) in [5.41, 5.74) is 2.71. The van der Waals surface area contributed by atoms with Crippen LogP contribution in [0.25, 0.3) is 0 Å². The fourth-order valence-electron chi connectivity index (χ4n) is 2.18. The van der Waals surface area contributed by atoms with Gasteiger partial charge in [0.2, 0.25) is 0 Å². The molecule has 2 N–H and O–H groups in total. The lowest BCUT2D eigenvalue weighted by molar-refractivity contribution is 0.514. The van der Waals surface area contributed by atoms with Gasteiger partial charge in [0.1, 0.15) is 0 Å². The molecule has 0 spiro atoms. The van der Waals surface area contributed by atoms with Gasteiger partial charge in [0.05, 0.1) is 0 Å². The Morgan fingerprint density at radius 3 is 2.93 bits per heavy atom. The molecule has 1 saturated carbocycles. The third kappa shape index (κ3) is 2.04. The number of fused-ring (bicyclic) bond motifs is 1. The van der Waals surface area contributed by atoms with E-state index in [4.69, 9.17) is 0 Å². The van der Waals surface area contributed by atoms with Gasteiger partial charge in [0.15, 0.2) is 0 Å². The van der Waals surface area contributed by atoms with Gasteiger partial charge in [-0.1, -0.05) is 22.0 Å². The minimum atomic E-state index is 0.601. The van der Waals surface area contributed by atoms with Gasteiger partial charge in [-0.25, -0.2) is 0 Å². The second-order valence-corrected chi connectivity index (χ2v) is 5.34. The Balaban J connectivity index is 1.78. The number of anilines is 1. The van der Waals surface area contributed by atoms with Gasteiger partial charge in [0, 0.05) is 28.8 Å². The molecule has 1 aromatic rings. The Labute approximate surface area is 98.6 Å². The van der Waals surface area contributed by atoms with Gasteiger partial charge in [-0.2, -0.15) is 0 Å². The number of halogens is 1. The highest BCUT2D eigenvalue weighted by Crippen LogP contribution is 2.30. The van der Waals surface area contributed by atoms with Crippen molar-refractivity contribution in [3.05, 3.63) is 28.2 Å². The molecule has 15 heavy (non-hydrogen) atoms. The van der Waals surface area contributed by atoms with Gasteiger partial charge in [-0.05, 0) is 37.0 Å². The molecule has 1 aliphatic carbocycles. The lowest BCUT2D eigenvalue weighted by Crippen LogP contribution is -2.41. The highest BCUT2D eigenvalue weighted by Gasteiger charge is 2.27. The molecule has 3 rings (SSSR count). The average molecular weight is 267 g/mol. The van der Waals surface area contributed by atoms with E-state index in [1.54, 1.807) is 0 Å². The van der Waals surface area contributed by atoms with Crippen molar-refractivity contribution in [3.8, 4) is 0 Å². The zero-order valence-corrected chi connectivity index (χ0v) is 10.2. The van der Waals surface area contributed by atoms with Crippen molar-refractivity contribution in [1.29, 1.82) is 0 Å². The fraction of sp³-hybridized carbons (Fsp3) is 0.500. The van der Waals surface area contributed by atoms with Crippen LogP contribution in [0.15, 0.2) is 22.7 Å². The van der Waals surface area contributed by atoms with Crippen LogP contribution in [0.1, 0.15) is 18.4 Å². The summed E-state index contributed by atoms with van der Waals surface area (Å²) in [6.45, 7) is 1.06. The minimum Gasteiger partial charge on any atom is -0.383 e. The van der Waals surface area contributed by atoms with E-state index in [-0.39, 0.29) is 0 Å². The van der Waals surface area contributed by atoms with E-state index in [1.165, 1.54) is 28.6 Å². The van der Waals surface area contributed by atoms with Crippen LogP contribution >= 0.6 is 15.9 Å². The van der Waals surface area contributed by atoms with Crippen molar-refractivity contribution in [1.82, 2.24) is 5.32 Å². The number of benzene rings is 1. The molecule has 80 valence electrons. The predicted octanol–water partition coefficient (Wildman–Crippen LogP) is 2.54. The van der Waals surface area contributed by atoms with E-state index in [1.807, 2.05) is 0 Å². The fourth-order valence-corrected chi connectivity index (χ4v) is 2.71. The van der Waals surface area contributed by atoms with Gasteiger partial charge in [-0.15, -0.1) is 0 Å². The molecule has 1 unspecified atom stereocenters. The van der Waals surface area contributed by atoms with Crippen molar-refractivity contribution in [2.45, 2.75) is 31.3 Å². The summed E-state index contributed by atoms with van der Waals surface area (Å²) in [5.74, 6) is 0. The van der Waals surface area contributed by atoms with Crippen molar-refractivity contribution >= 4 is 21.6 Å². The molecule has 0 aromatic heterocycles. The second kappa shape index (κ2) is 3.80. The van der Waals surface area contributed by atoms with E-state index < -0.39 is 0 Å². The quantitative estimate of drug-likeness (QED) is 0.860. The largest absolute Gasteiger partial charge is 0.383 e. The summed E-state index contributed by atoms with van der Waals surface area (Å²) in [6.07, 6.45) is 3.86. The monoisotopic (exact) mass is 266 g/mol. The third-order valence-electron chi connectivity index (χ3n) is 3.16. The maximum Gasteiger partial charge on any atom is 0.0385 e. The Morgan fingerprint density at radius 2 is 2.13 bits per heavy atom. The summed E-state index contributed by atoms with van der Waals surface area (Å²) in [4.78, 5) is 0. The lowest BCUT2D eigenvalue weighted by Gasteiger charge is -2.27. The van der Waals surface area contributed by atoms with Crippen LogP contribution in [-0.2, 0) is 6.42 Å². The predicted molar refractivity (Wildman–Crippen MR) is 66.3 cm³/mol. The van der Waals surface area contributed by atoms with Crippen molar-refractivity contribution in [2.24, 2.45) is 0 Å². The van der Waals surface area contributed by atoms with Gasteiger partial charge < -0.3 is 10.6 Å². The summed E-state index contributed by atoms with van der Waals surface area (Å²) >= 11 is 3.62. The molecule has 1 atom stereocenters. The molecule has 0 amide bonds. The summed E-state index contributed by atoms with van der Waals surface area (Å²) in [7, 11) is 0. The SMILES string of the molecule is Brc1cccc2c1CC(NC1CC1)CN2. The molecular formula is C12H15BrN2. The number of nitrogens with one attached hydrogen (secondary N) is 2. The molecule has 3 heteroatoms. The zero-order chi connectivity index (χ0) is 10.3. The molecule has 0 saturated heterocycles. The first-order valence-electron chi connectivity index (χ1n) is 5.60. The summed E-state index contributed by atoms with van der Waals surface area (Å²) in [6, 6.07) is 7.77. The van der Waals surface area contributed by atoms with Crippen LogP contribution in [0.3, 0.4) is 0 Å². The first-order valence-corrected chi connectivity index (χ1v) is 6.39. The van der Waals surface area contributed by atoms with Crippen LogP contribution in [0.4, 0.5) is 5.69 Å². The van der Waals surface area contributed by atoms with Crippen molar-refractivity contribution in [2.75, 3.05) is 11.9 Å². The van der Waals surface area contributed by atoms with E-state index >= 15 is 0 Å². The molecule has 2 nitrogen and oxygen atoms in total. The van der Waals surface area contributed by atoms with Crippen LogP contribution in [0, 0.1) is 0 Å². The topological polar surface area (TPSA) is 24.1 Å². The van der Waals surface area contributed by atoms with Crippen molar-refractivity contribution in [3.63, 3.8) is 0 Å². The normalized spacial score (nSPS) is 24.5. The first kappa shape index (κ1) is 9.67. The van der Waals surface area contributed by atoms with Crippen LogP contribution in [0.2, 0.25) is 0 Å².